The molecule has 116 valence electrons. The van der Waals surface area contributed by atoms with Crippen LogP contribution in [0.2, 0.25) is 0 Å². The lowest BCUT2D eigenvalue weighted by Crippen LogP contribution is -2.59. The van der Waals surface area contributed by atoms with Crippen molar-refractivity contribution in [3.8, 4) is 0 Å². The lowest BCUT2D eigenvalue weighted by atomic mass is 9.96. The highest BCUT2D eigenvalue weighted by Crippen LogP contribution is 2.32. The number of anilines is 1. The number of rotatable bonds is 2. The number of hydrogen-bond acceptors (Lipinski definition) is 3. The Morgan fingerprint density at radius 1 is 1.19 bits per heavy atom. The van der Waals surface area contributed by atoms with E-state index in [1.54, 1.807) is 0 Å². The summed E-state index contributed by atoms with van der Waals surface area (Å²) in [4.78, 5) is 4.37. The molecule has 0 radical (unpaired) electrons. The van der Waals surface area contributed by atoms with E-state index in [2.05, 4.69) is 4.90 Å². The van der Waals surface area contributed by atoms with Crippen LogP contribution in [0.25, 0.3) is 0 Å². The number of nitrogens with zero attached hydrogens (tertiary/aromatic N) is 2. The van der Waals surface area contributed by atoms with Gasteiger partial charge in [-0.1, -0.05) is 6.42 Å². The molecular formula is C16H23F2N3. The molecule has 2 saturated heterocycles. The van der Waals surface area contributed by atoms with Crippen LogP contribution in [-0.2, 0) is 6.54 Å². The fourth-order valence-electron chi connectivity index (χ4n) is 3.67. The largest absolute Gasteiger partial charge is 0.361 e. The molecule has 2 aliphatic rings. The van der Waals surface area contributed by atoms with Crippen LogP contribution in [0.5, 0.6) is 0 Å². The summed E-state index contributed by atoms with van der Waals surface area (Å²) in [5.74, 6) is -0.988. The van der Waals surface area contributed by atoms with E-state index < -0.39 is 11.6 Å². The van der Waals surface area contributed by atoms with E-state index in [1.807, 2.05) is 11.8 Å². The third-order valence-electron chi connectivity index (χ3n) is 4.79. The predicted octanol–water partition coefficient (Wildman–Crippen LogP) is 2.49. The molecule has 5 heteroatoms. The summed E-state index contributed by atoms with van der Waals surface area (Å²) >= 11 is 0. The molecule has 2 heterocycles. The van der Waals surface area contributed by atoms with Gasteiger partial charge in [0, 0.05) is 31.7 Å². The molecule has 2 N–H and O–H groups in total. The van der Waals surface area contributed by atoms with Crippen LogP contribution in [0.3, 0.4) is 0 Å². The van der Waals surface area contributed by atoms with Gasteiger partial charge in [0.2, 0.25) is 0 Å². The molecule has 1 aromatic rings. The van der Waals surface area contributed by atoms with Crippen molar-refractivity contribution in [1.82, 2.24) is 4.90 Å². The van der Waals surface area contributed by atoms with Gasteiger partial charge in [0.1, 0.15) is 17.3 Å². The maximum atomic E-state index is 14.3. The molecule has 2 unspecified atom stereocenters. The van der Waals surface area contributed by atoms with Gasteiger partial charge in [-0.3, -0.25) is 4.90 Å². The van der Waals surface area contributed by atoms with Crippen molar-refractivity contribution in [2.75, 3.05) is 24.5 Å². The second-order valence-corrected chi connectivity index (χ2v) is 6.26. The Balaban J connectivity index is 1.89. The second-order valence-electron chi connectivity index (χ2n) is 6.26. The molecule has 0 amide bonds. The maximum absolute atomic E-state index is 14.3. The molecule has 1 aromatic carbocycles. The minimum atomic E-state index is -0.494. The van der Waals surface area contributed by atoms with Crippen LogP contribution in [0, 0.1) is 11.6 Å². The predicted molar refractivity (Wildman–Crippen MR) is 80.3 cm³/mol. The number of halogens is 2. The van der Waals surface area contributed by atoms with Crippen LogP contribution in [0.15, 0.2) is 12.1 Å². The summed E-state index contributed by atoms with van der Waals surface area (Å²) in [7, 11) is 0. The van der Waals surface area contributed by atoms with Crippen molar-refractivity contribution in [3.05, 3.63) is 29.3 Å². The molecule has 2 aliphatic heterocycles. The molecule has 0 aromatic heterocycles. The van der Waals surface area contributed by atoms with Crippen molar-refractivity contribution >= 4 is 5.69 Å². The van der Waals surface area contributed by atoms with E-state index in [1.165, 1.54) is 25.0 Å². The van der Waals surface area contributed by atoms with E-state index in [0.29, 0.717) is 18.2 Å². The van der Waals surface area contributed by atoms with Gasteiger partial charge >= 0.3 is 0 Å². The van der Waals surface area contributed by atoms with Crippen molar-refractivity contribution in [2.45, 2.75) is 44.8 Å². The second kappa shape index (κ2) is 5.89. The number of piperazine rings is 1. The molecule has 3 rings (SSSR count). The summed E-state index contributed by atoms with van der Waals surface area (Å²) in [5, 5.41) is 0. The van der Waals surface area contributed by atoms with Gasteiger partial charge in [-0.15, -0.1) is 0 Å². The van der Waals surface area contributed by atoms with Crippen molar-refractivity contribution < 1.29 is 8.78 Å². The summed E-state index contributed by atoms with van der Waals surface area (Å²) in [6, 6.07) is 3.26. The van der Waals surface area contributed by atoms with E-state index >= 15 is 0 Å². The normalized spacial score (nSPS) is 26.8. The minimum absolute atomic E-state index is 0.116. The Bertz CT molecular complexity index is 497. The third kappa shape index (κ3) is 2.77. The van der Waals surface area contributed by atoms with Crippen molar-refractivity contribution in [2.24, 2.45) is 5.73 Å². The van der Waals surface area contributed by atoms with Gasteiger partial charge in [0.05, 0.1) is 0 Å². The first-order valence-corrected chi connectivity index (χ1v) is 7.79. The van der Waals surface area contributed by atoms with Gasteiger partial charge < -0.3 is 10.6 Å². The number of benzene rings is 1. The fraction of sp³-hybridized carbons (Fsp3) is 0.625. The summed E-state index contributed by atoms with van der Waals surface area (Å²) in [5.41, 5.74) is 6.09. The quantitative estimate of drug-likeness (QED) is 0.910. The molecule has 2 atom stereocenters. The van der Waals surface area contributed by atoms with Gasteiger partial charge in [-0.25, -0.2) is 8.78 Å². The van der Waals surface area contributed by atoms with Gasteiger partial charge in [0.15, 0.2) is 0 Å². The third-order valence-corrected chi connectivity index (χ3v) is 4.79. The molecular weight excluding hydrogens is 272 g/mol. The SMILES string of the molecule is CC1CN2CCCCC2CN1c1c(F)cc(CN)cc1F. The molecule has 0 spiro atoms. The molecule has 21 heavy (non-hydrogen) atoms. The zero-order chi connectivity index (χ0) is 15.0. The Hall–Kier alpha value is -1.20. The number of hydrogen-bond donors (Lipinski definition) is 1. The molecule has 3 nitrogen and oxygen atoms in total. The summed E-state index contributed by atoms with van der Waals surface area (Å²) < 4.78 is 28.7. The van der Waals surface area contributed by atoms with Crippen molar-refractivity contribution in [3.63, 3.8) is 0 Å². The van der Waals surface area contributed by atoms with Crippen LogP contribution in [0.1, 0.15) is 31.7 Å². The Kier molecular flexibility index (Phi) is 4.13. The first-order valence-electron chi connectivity index (χ1n) is 7.79. The number of nitrogens with two attached hydrogens (primary N) is 1. The van der Waals surface area contributed by atoms with E-state index in [-0.39, 0.29) is 18.3 Å². The molecule has 0 saturated carbocycles. The van der Waals surface area contributed by atoms with E-state index in [4.69, 9.17) is 5.73 Å². The van der Waals surface area contributed by atoms with Gasteiger partial charge in [0.25, 0.3) is 0 Å². The first-order chi connectivity index (χ1) is 10.1. The monoisotopic (exact) mass is 295 g/mol. The van der Waals surface area contributed by atoms with Gasteiger partial charge in [-0.2, -0.15) is 0 Å². The summed E-state index contributed by atoms with van der Waals surface area (Å²) in [6.45, 7) is 4.89. The van der Waals surface area contributed by atoms with E-state index in [9.17, 15) is 8.78 Å². The standard InChI is InChI=1S/C16H23F2N3/c1-11-9-20-5-3-2-4-13(20)10-21(11)16-14(17)6-12(8-19)7-15(16)18/h6-7,11,13H,2-5,8-10,19H2,1H3. The summed E-state index contributed by atoms with van der Waals surface area (Å²) in [6.07, 6.45) is 3.56. The average Bonchev–Trinajstić information content (AvgIpc) is 2.46. The highest BCUT2D eigenvalue weighted by atomic mass is 19.1. The van der Waals surface area contributed by atoms with E-state index in [0.717, 1.165) is 19.5 Å². The zero-order valence-electron chi connectivity index (χ0n) is 12.5. The number of piperidine rings is 1. The van der Waals surface area contributed by atoms with Crippen LogP contribution >= 0.6 is 0 Å². The fourth-order valence-corrected chi connectivity index (χ4v) is 3.67. The Morgan fingerprint density at radius 3 is 2.57 bits per heavy atom. The maximum Gasteiger partial charge on any atom is 0.149 e. The molecule has 0 aliphatic carbocycles. The lowest BCUT2D eigenvalue weighted by molar-refractivity contribution is 0.115. The Labute approximate surface area is 124 Å². The van der Waals surface area contributed by atoms with Crippen molar-refractivity contribution in [1.29, 1.82) is 0 Å². The van der Waals surface area contributed by atoms with Crippen LogP contribution in [-0.4, -0.2) is 36.6 Å². The topological polar surface area (TPSA) is 32.5 Å². The average molecular weight is 295 g/mol. The highest BCUT2D eigenvalue weighted by Gasteiger charge is 2.35. The lowest BCUT2D eigenvalue weighted by Gasteiger charge is -2.48. The minimum Gasteiger partial charge on any atom is -0.361 e. The molecule has 2 fully saturated rings. The Morgan fingerprint density at radius 2 is 1.90 bits per heavy atom. The van der Waals surface area contributed by atoms with Gasteiger partial charge in [-0.05, 0) is 44.0 Å². The van der Waals surface area contributed by atoms with Crippen LogP contribution < -0.4 is 10.6 Å². The zero-order valence-corrected chi connectivity index (χ0v) is 12.5. The first kappa shape index (κ1) is 14.7. The smallest absolute Gasteiger partial charge is 0.149 e. The molecule has 0 bridgehead atoms. The number of fused-ring (bicyclic) bond motifs is 1. The van der Waals surface area contributed by atoms with Crippen LogP contribution in [0.4, 0.5) is 14.5 Å². The highest BCUT2D eigenvalue weighted by molar-refractivity contribution is 5.52.